The van der Waals surface area contributed by atoms with Crippen molar-refractivity contribution in [2.75, 3.05) is 38.8 Å². The molecule has 0 radical (unpaired) electrons. The van der Waals surface area contributed by atoms with E-state index in [2.05, 4.69) is 9.89 Å². The molecule has 1 heterocycles. The molecule has 1 aliphatic heterocycles. The molecule has 6 heteroatoms. The first-order valence-corrected chi connectivity index (χ1v) is 7.74. The summed E-state index contributed by atoms with van der Waals surface area (Å²) in [6.07, 6.45) is 0. The van der Waals surface area contributed by atoms with Gasteiger partial charge < -0.3 is 20.1 Å². The number of hydrogen-bond donors (Lipinski definition) is 1. The van der Waals surface area contributed by atoms with E-state index in [1.165, 1.54) is 0 Å². The Balaban J connectivity index is 2.09. The lowest BCUT2D eigenvalue weighted by Gasteiger charge is -2.27. The van der Waals surface area contributed by atoms with E-state index < -0.39 is 0 Å². The van der Waals surface area contributed by atoms with Gasteiger partial charge in [0.25, 0.3) is 0 Å². The Labute approximate surface area is 124 Å². The van der Waals surface area contributed by atoms with Crippen molar-refractivity contribution >= 4 is 17.7 Å². The minimum Gasteiger partial charge on any atom is -0.493 e. The van der Waals surface area contributed by atoms with E-state index in [4.69, 9.17) is 15.2 Å². The molecule has 0 aromatic heterocycles. The van der Waals surface area contributed by atoms with E-state index in [-0.39, 0.29) is 0 Å². The lowest BCUT2D eigenvalue weighted by molar-refractivity contribution is 0.351. The lowest BCUT2D eigenvalue weighted by atomic mass is 10.2. The molecule has 1 aromatic rings. The molecule has 2 rings (SSSR count). The van der Waals surface area contributed by atoms with Gasteiger partial charge in [0.15, 0.2) is 17.5 Å². The number of nitrogens with zero attached hydrogens (tertiary/aromatic N) is 2. The van der Waals surface area contributed by atoms with Gasteiger partial charge in [-0.3, -0.25) is 0 Å². The summed E-state index contributed by atoms with van der Waals surface area (Å²) in [4.78, 5) is 6.61. The van der Waals surface area contributed by atoms with Crippen molar-refractivity contribution in [1.82, 2.24) is 4.90 Å². The minimum atomic E-state index is 0.496. The number of methoxy groups -OCH3 is 2. The topological polar surface area (TPSA) is 60.1 Å². The standard InChI is InChI=1S/C14H21N3O2S/c1-18-12-5-3-4-11(13(12)19-2)10-16-14(15)17-6-8-20-9-7-17/h3-5H,6-10H2,1-2H3,(H2,15,16). The van der Waals surface area contributed by atoms with Crippen molar-refractivity contribution < 1.29 is 9.47 Å². The molecule has 0 amide bonds. The van der Waals surface area contributed by atoms with Crippen LogP contribution >= 0.6 is 11.8 Å². The molecule has 0 unspecified atom stereocenters. The first kappa shape index (κ1) is 14.8. The minimum absolute atomic E-state index is 0.496. The molecule has 20 heavy (non-hydrogen) atoms. The zero-order chi connectivity index (χ0) is 14.4. The third-order valence-corrected chi connectivity index (χ3v) is 4.17. The number of benzene rings is 1. The molecule has 110 valence electrons. The summed E-state index contributed by atoms with van der Waals surface area (Å²) in [5.41, 5.74) is 7.03. The van der Waals surface area contributed by atoms with Crippen molar-refractivity contribution in [1.29, 1.82) is 0 Å². The fourth-order valence-corrected chi connectivity index (χ4v) is 3.04. The predicted octanol–water partition coefficient (Wildman–Crippen LogP) is 1.57. The van der Waals surface area contributed by atoms with Crippen LogP contribution in [0.5, 0.6) is 11.5 Å². The summed E-state index contributed by atoms with van der Waals surface area (Å²) in [7, 11) is 3.26. The normalized spacial score (nSPS) is 16.1. The molecule has 0 spiro atoms. The Kier molecular flexibility index (Phi) is 5.40. The van der Waals surface area contributed by atoms with Crippen LogP contribution in [0.1, 0.15) is 5.56 Å². The van der Waals surface area contributed by atoms with Gasteiger partial charge in [0.2, 0.25) is 0 Å². The average molecular weight is 295 g/mol. The molecule has 0 aliphatic carbocycles. The van der Waals surface area contributed by atoms with Crippen LogP contribution < -0.4 is 15.2 Å². The second-order valence-corrected chi connectivity index (χ2v) is 5.65. The summed E-state index contributed by atoms with van der Waals surface area (Å²) in [6, 6.07) is 5.78. The highest BCUT2D eigenvalue weighted by Gasteiger charge is 2.13. The number of hydrogen-bond acceptors (Lipinski definition) is 4. The molecule has 5 nitrogen and oxygen atoms in total. The van der Waals surface area contributed by atoms with E-state index in [0.717, 1.165) is 35.9 Å². The molecular formula is C14H21N3O2S. The summed E-state index contributed by atoms with van der Waals surface area (Å²) in [6.45, 7) is 2.43. The third-order valence-electron chi connectivity index (χ3n) is 3.23. The van der Waals surface area contributed by atoms with Gasteiger partial charge in [-0.15, -0.1) is 0 Å². The molecule has 1 aliphatic rings. The number of aliphatic imine (C=N–C) groups is 1. The maximum Gasteiger partial charge on any atom is 0.191 e. The molecule has 2 N–H and O–H groups in total. The summed E-state index contributed by atoms with van der Waals surface area (Å²) in [5.74, 6) is 4.27. The summed E-state index contributed by atoms with van der Waals surface area (Å²) in [5, 5.41) is 0. The van der Waals surface area contributed by atoms with Crippen molar-refractivity contribution in [2.45, 2.75) is 6.54 Å². The van der Waals surface area contributed by atoms with Gasteiger partial charge in [0.1, 0.15) is 0 Å². The fraction of sp³-hybridized carbons (Fsp3) is 0.500. The second kappa shape index (κ2) is 7.28. The predicted molar refractivity (Wildman–Crippen MR) is 83.8 cm³/mol. The highest BCUT2D eigenvalue weighted by molar-refractivity contribution is 7.99. The number of nitrogens with two attached hydrogens (primary N) is 1. The monoisotopic (exact) mass is 295 g/mol. The Hall–Kier alpha value is -1.56. The molecule has 1 fully saturated rings. The van der Waals surface area contributed by atoms with Gasteiger partial charge in [-0.25, -0.2) is 4.99 Å². The van der Waals surface area contributed by atoms with Crippen molar-refractivity contribution in [2.24, 2.45) is 10.7 Å². The van der Waals surface area contributed by atoms with Crippen LogP contribution in [-0.4, -0.2) is 49.7 Å². The van der Waals surface area contributed by atoms with Crippen LogP contribution in [0.15, 0.2) is 23.2 Å². The van der Waals surface area contributed by atoms with Crippen LogP contribution in [0.25, 0.3) is 0 Å². The SMILES string of the molecule is COc1cccc(CN=C(N)N2CCSCC2)c1OC. The Morgan fingerprint density at radius 3 is 2.70 bits per heavy atom. The van der Waals surface area contributed by atoms with Crippen molar-refractivity contribution in [3.63, 3.8) is 0 Å². The third kappa shape index (κ3) is 3.50. The molecule has 0 saturated carbocycles. The Morgan fingerprint density at radius 1 is 1.30 bits per heavy atom. The maximum atomic E-state index is 6.05. The first-order chi connectivity index (χ1) is 9.76. The molecule has 0 bridgehead atoms. The smallest absolute Gasteiger partial charge is 0.191 e. The fourth-order valence-electron chi connectivity index (χ4n) is 2.14. The van der Waals surface area contributed by atoms with Gasteiger partial charge >= 0.3 is 0 Å². The first-order valence-electron chi connectivity index (χ1n) is 6.58. The summed E-state index contributed by atoms with van der Waals surface area (Å²) >= 11 is 1.95. The molecule has 1 saturated heterocycles. The van der Waals surface area contributed by atoms with E-state index in [0.29, 0.717) is 18.3 Å². The van der Waals surface area contributed by atoms with E-state index in [1.54, 1.807) is 14.2 Å². The molecule has 0 atom stereocenters. The highest BCUT2D eigenvalue weighted by atomic mass is 32.2. The van der Waals surface area contributed by atoms with E-state index in [9.17, 15) is 0 Å². The van der Waals surface area contributed by atoms with Crippen LogP contribution in [0.2, 0.25) is 0 Å². The van der Waals surface area contributed by atoms with Gasteiger partial charge in [-0.1, -0.05) is 12.1 Å². The molecule has 1 aromatic carbocycles. The number of rotatable bonds is 4. The van der Waals surface area contributed by atoms with Crippen LogP contribution in [0.4, 0.5) is 0 Å². The average Bonchev–Trinajstić information content (AvgIpc) is 2.52. The number of guanidine groups is 1. The largest absolute Gasteiger partial charge is 0.493 e. The zero-order valence-corrected chi connectivity index (χ0v) is 12.8. The van der Waals surface area contributed by atoms with E-state index >= 15 is 0 Å². The Morgan fingerprint density at radius 2 is 2.05 bits per heavy atom. The number of ether oxygens (including phenoxy) is 2. The number of thioether (sulfide) groups is 1. The van der Waals surface area contributed by atoms with Crippen LogP contribution in [0, 0.1) is 0 Å². The lowest BCUT2D eigenvalue weighted by Crippen LogP contribution is -2.42. The summed E-state index contributed by atoms with van der Waals surface area (Å²) < 4.78 is 10.7. The molecular weight excluding hydrogens is 274 g/mol. The van der Waals surface area contributed by atoms with Crippen molar-refractivity contribution in [3.8, 4) is 11.5 Å². The maximum absolute atomic E-state index is 6.05. The van der Waals surface area contributed by atoms with Crippen LogP contribution in [-0.2, 0) is 6.54 Å². The highest BCUT2D eigenvalue weighted by Crippen LogP contribution is 2.31. The van der Waals surface area contributed by atoms with E-state index in [1.807, 2.05) is 30.0 Å². The number of para-hydroxylation sites is 1. The quantitative estimate of drug-likeness (QED) is 0.675. The zero-order valence-electron chi connectivity index (χ0n) is 12.0. The Bertz CT molecular complexity index is 473. The second-order valence-electron chi connectivity index (χ2n) is 4.43. The van der Waals surface area contributed by atoms with Crippen molar-refractivity contribution in [3.05, 3.63) is 23.8 Å². The van der Waals surface area contributed by atoms with Gasteiger partial charge in [-0.2, -0.15) is 11.8 Å². The van der Waals surface area contributed by atoms with Crippen LogP contribution in [0.3, 0.4) is 0 Å². The van der Waals surface area contributed by atoms with Gasteiger partial charge in [-0.05, 0) is 6.07 Å². The van der Waals surface area contributed by atoms with Gasteiger partial charge in [0.05, 0.1) is 20.8 Å². The van der Waals surface area contributed by atoms with Gasteiger partial charge in [0, 0.05) is 30.2 Å².